The van der Waals surface area contributed by atoms with E-state index in [2.05, 4.69) is 9.97 Å². The number of nitrogens with zero attached hydrogens (tertiary/aromatic N) is 3. The zero-order chi connectivity index (χ0) is 15.9. The van der Waals surface area contributed by atoms with Crippen molar-refractivity contribution in [1.29, 1.82) is 0 Å². The molecule has 2 rings (SSSR count). The summed E-state index contributed by atoms with van der Waals surface area (Å²) in [6, 6.07) is 10.9. The SMILES string of the molecule is CN(C(=O)C=CCSc1nc(N)cc(Cl)n1)c1ccccc1. The highest BCUT2D eigenvalue weighted by Crippen LogP contribution is 2.18. The van der Waals surface area contributed by atoms with Gasteiger partial charge in [-0.25, -0.2) is 9.97 Å². The number of anilines is 2. The lowest BCUT2D eigenvalue weighted by molar-refractivity contribution is -0.113. The van der Waals surface area contributed by atoms with Gasteiger partial charge in [0.2, 0.25) is 5.91 Å². The fourth-order valence-electron chi connectivity index (χ4n) is 1.64. The van der Waals surface area contributed by atoms with Crippen LogP contribution in [0.4, 0.5) is 11.5 Å². The maximum absolute atomic E-state index is 12.0. The zero-order valence-electron chi connectivity index (χ0n) is 11.9. The van der Waals surface area contributed by atoms with Crippen LogP contribution in [0.2, 0.25) is 5.15 Å². The average Bonchev–Trinajstić information content (AvgIpc) is 2.50. The van der Waals surface area contributed by atoms with Crippen LogP contribution < -0.4 is 10.6 Å². The Kier molecular flexibility index (Phi) is 5.80. The maximum Gasteiger partial charge on any atom is 0.250 e. The lowest BCUT2D eigenvalue weighted by Gasteiger charge is -2.14. The highest BCUT2D eigenvalue weighted by Gasteiger charge is 2.06. The summed E-state index contributed by atoms with van der Waals surface area (Å²) in [5.74, 6) is 0.776. The molecule has 0 bridgehead atoms. The molecule has 7 heteroatoms. The Bertz CT molecular complexity index is 658. The highest BCUT2D eigenvalue weighted by atomic mass is 35.5. The highest BCUT2D eigenvalue weighted by molar-refractivity contribution is 7.99. The first-order valence-electron chi connectivity index (χ1n) is 6.48. The van der Waals surface area contributed by atoms with Crippen LogP contribution in [0.15, 0.2) is 53.7 Å². The predicted molar refractivity (Wildman–Crippen MR) is 91.2 cm³/mol. The van der Waals surface area contributed by atoms with Crippen LogP contribution in [0.5, 0.6) is 0 Å². The number of hydrogen-bond acceptors (Lipinski definition) is 5. The first-order valence-corrected chi connectivity index (χ1v) is 7.85. The Balaban J connectivity index is 1.88. The van der Waals surface area contributed by atoms with Crippen LogP contribution >= 0.6 is 23.4 Å². The molecular formula is C15H15ClN4OS. The first kappa shape index (κ1) is 16.3. The van der Waals surface area contributed by atoms with Crippen molar-refractivity contribution in [3.63, 3.8) is 0 Å². The number of carbonyl (C=O) groups excluding carboxylic acids is 1. The first-order chi connectivity index (χ1) is 10.6. The van der Waals surface area contributed by atoms with Gasteiger partial charge in [-0.05, 0) is 12.1 Å². The third-order valence-electron chi connectivity index (χ3n) is 2.74. The van der Waals surface area contributed by atoms with Crippen molar-refractivity contribution in [3.05, 3.63) is 53.7 Å². The van der Waals surface area contributed by atoms with E-state index in [1.54, 1.807) is 18.0 Å². The van der Waals surface area contributed by atoms with Crippen LogP contribution in [0.3, 0.4) is 0 Å². The van der Waals surface area contributed by atoms with Crippen molar-refractivity contribution in [2.75, 3.05) is 23.4 Å². The van der Waals surface area contributed by atoms with Gasteiger partial charge in [0, 0.05) is 30.6 Å². The third kappa shape index (κ3) is 4.75. The number of aromatic nitrogens is 2. The van der Waals surface area contributed by atoms with Gasteiger partial charge in [0.25, 0.3) is 0 Å². The summed E-state index contributed by atoms with van der Waals surface area (Å²) in [5, 5.41) is 0.789. The van der Waals surface area contributed by atoms with Crippen molar-refractivity contribution in [2.24, 2.45) is 0 Å². The minimum atomic E-state index is -0.0988. The van der Waals surface area contributed by atoms with Gasteiger partial charge in [-0.2, -0.15) is 0 Å². The molecule has 0 fully saturated rings. The number of nitrogen functional groups attached to an aromatic ring is 1. The molecule has 22 heavy (non-hydrogen) atoms. The summed E-state index contributed by atoms with van der Waals surface area (Å²) in [5.41, 5.74) is 6.43. The van der Waals surface area contributed by atoms with Gasteiger partial charge in [-0.15, -0.1) is 0 Å². The molecule has 0 saturated heterocycles. The number of nitrogens with two attached hydrogens (primary N) is 1. The van der Waals surface area contributed by atoms with E-state index in [0.29, 0.717) is 21.9 Å². The van der Waals surface area contributed by atoms with Gasteiger partial charge in [0.05, 0.1) is 0 Å². The molecule has 0 atom stereocenters. The molecule has 0 saturated carbocycles. The summed E-state index contributed by atoms with van der Waals surface area (Å²) < 4.78 is 0. The van der Waals surface area contributed by atoms with Crippen LogP contribution in [0.25, 0.3) is 0 Å². The predicted octanol–water partition coefficient (Wildman–Crippen LogP) is 3.02. The van der Waals surface area contributed by atoms with Gasteiger partial charge < -0.3 is 10.6 Å². The minimum absolute atomic E-state index is 0.0988. The van der Waals surface area contributed by atoms with Crippen LogP contribution in [0, 0.1) is 0 Å². The Morgan fingerprint density at radius 2 is 2.09 bits per heavy atom. The van der Waals surface area contributed by atoms with E-state index in [0.717, 1.165) is 5.69 Å². The summed E-state index contributed by atoms with van der Waals surface area (Å²) in [6.45, 7) is 0. The summed E-state index contributed by atoms with van der Waals surface area (Å²) in [4.78, 5) is 21.7. The molecule has 0 radical (unpaired) electrons. The number of benzene rings is 1. The second-order valence-corrected chi connectivity index (χ2v) is 5.72. The molecule has 0 aliphatic rings. The number of likely N-dealkylation sites (N-methyl/N-ethyl adjacent to an activating group) is 1. The van der Waals surface area contributed by atoms with E-state index in [1.165, 1.54) is 23.9 Å². The molecular weight excluding hydrogens is 320 g/mol. The molecule has 0 aliphatic carbocycles. The number of rotatable bonds is 5. The maximum atomic E-state index is 12.0. The molecule has 1 aromatic carbocycles. The smallest absolute Gasteiger partial charge is 0.250 e. The Hall–Kier alpha value is -2.05. The van der Waals surface area contributed by atoms with Crippen molar-refractivity contribution in [2.45, 2.75) is 5.16 Å². The molecule has 1 amide bonds. The lowest BCUT2D eigenvalue weighted by Crippen LogP contribution is -2.23. The van der Waals surface area contributed by atoms with Gasteiger partial charge in [-0.1, -0.05) is 47.6 Å². The third-order valence-corrected chi connectivity index (χ3v) is 3.73. The number of carbonyl (C=O) groups is 1. The molecule has 0 unspecified atom stereocenters. The zero-order valence-corrected chi connectivity index (χ0v) is 13.5. The molecule has 2 aromatic rings. The lowest BCUT2D eigenvalue weighted by atomic mass is 10.3. The molecule has 2 N–H and O–H groups in total. The van der Waals surface area contributed by atoms with Crippen molar-refractivity contribution in [3.8, 4) is 0 Å². The van der Waals surface area contributed by atoms with E-state index in [1.807, 2.05) is 30.3 Å². The molecule has 0 aliphatic heterocycles. The number of thioether (sulfide) groups is 1. The Morgan fingerprint density at radius 3 is 2.77 bits per heavy atom. The molecule has 1 aromatic heterocycles. The second kappa shape index (κ2) is 7.82. The molecule has 5 nitrogen and oxygen atoms in total. The Labute approximate surface area is 138 Å². The summed E-state index contributed by atoms with van der Waals surface area (Å²) >= 11 is 7.15. The largest absolute Gasteiger partial charge is 0.384 e. The second-order valence-electron chi connectivity index (χ2n) is 4.34. The fourth-order valence-corrected chi connectivity index (χ4v) is 2.56. The normalized spacial score (nSPS) is 10.8. The molecule has 0 spiro atoms. The number of para-hydroxylation sites is 1. The standard InChI is InChI=1S/C15H15ClN4OS/c1-20(11-6-3-2-4-7-11)14(21)8-5-9-22-15-18-12(16)10-13(17)19-15/h2-8,10H,9H2,1H3,(H2,17,18,19). The summed E-state index contributed by atoms with van der Waals surface area (Å²) in [6.07, 6.45) is 3.28. The molecule has 1 heterocycles. The summed E-state index contributed by atoms with van der Waals surface area (Å²) in [7, 11) is 1.73. The topological polar surface area (TPSA) is 72.1 Å². The van der Waals surface area contributed by atoms with Gasteiger partial charge in [0.1, 0.15) is 11.0 Å². The monoisotopic (exact) mass is 334 g/mol. The van der Waals surface area contributed by atoms with Gasteiger partial charge >= 0.3 is 0 Å². The Morgan fingerprint density at radius 1 is 1.36 bits per heavy atom. The van der Waals surface area contributed by atoms with Gasteiger partial charge in [0.15, 0.2) is 5.16 Å². The molecule has 114 valence electrons. The van der Waals surface area contributed by atoms with E-state index in [9.17, 15) is 4.79 Å². The van der Waals surface area contributed by atoms with E-state index >= 15 is 0 Å². The average molecular weight is 335 g/mol. The number of halogens is 1. The minimum Gasteiger partial charge on any atom is -0.384 e. The number of amides is 1. The van der Waals surface area contributed by atoms with Crippen molar-refractivity contribution in [1.82, 2.24) is 9.97 Å². The van der Waals surface area contributed by atoms with E-state index in [4.69, 9.17) is 17.3 Å². The van der Waals surface area contributed by atoms with Gasteiger partial charge in [-0.3, -0.25) is 4.79 Å². The number of hydrogen-bond donors (Lipinski definition) is 1. The van der Waals surface area contributed by atoms with Crippen LogP contribution in [-0.4, -0.2) is 28.7 Å². The fraction of sp³-hybridized carbons (Fsp3) is 0.133. The van der Waals surface area contributed by atoms with Crippen LogP contribution in [0.1, 0.15) is 0 Å². The quantitative estimate of drug-likeness (QED) is 0.394. The van der Waals surface area contributed by atoms with Crippen molar-refractivity contribution < 1.29 is 4.79 Å². The van der Waals surface area contributed by atoms with Crippen LogP contribution in [-0.2, 0) is 4.79 Å². The van der Waals surface area contributed by atoms with Crippen molar-refractivity contribution >= 4 is 40.8 Å². The van der Waals surface area contributed by atoms with E-state index < -0.39 is 0 Å². The van der Waals surface area contributed by atoms with E-state index in [-0.39, 0.29) is 5.91 Å².